The lowest BCUT2D eigenvalue weighted by atomic mass is 10.1. The van der Waals surface area contributed by atoms with Crippen LogP contribution < -0.4 is 0 Å². The summed E-state index contributed by atoms with van der Waals surface area (Å²) in [4.78, 5) is 22.5. The van der Waals surface area contributed by atoms with Crippen molar-refractivity contribution in [1.82, 2.24) is 0 Å². The van der Waals surface area contributed by atoms with Crippen LogP contribution in [0.5, 0.6) is 0 Å². The Kier molecular flexibility index (Phi) is 5.14. The van der Waals surface area contributed by atoms with Crippen molar-refractivity contribution < 1.29 is 14.3 Å². The second-order valence-corrected chi connectivity index (χ2v) is 3.64. The van der Waals surface area contributed by atoms with Gasteiger partial charge in [-0.1, -0.05) is 30.3 Å². The SMILES string of the molecule is CCOC(=O)CC(=O)/C=C/c1ccccc1C. The first-order chi connectivity index (χ1) is 8.13. The molecule has 0 aliphatic carbocycles. The van der Waals surface area contributed by atoms with Gasteiger partial charge >= 0.3 is 5.97 Å². The molecule has 0 spiro atoms. The summed E-state index contributed by atoms with van der Waals surface area (Å²) in [6.45, 7) is 3.98. The molecule has 0 aliphatic heterocycles. The van der Waals surface area contributed by atoms with E-state index in [-0.39, 0.29) is 12.2 Å². The molecule has 1 aromatic carbocycles. The molecule has 0 saturated carbocycles. The first kappa shape index (κ1) is 13.2. The Hall–Kier alpha value is -1.90. The van der Waals surface area contributed by atoms with Gasteiger partial charge in [-0.3, -0.25) is 9.59 Å². The van der Waals surface area contributed by atoms with E-state index in [2.05, 4.69) is 0 Å². The predicted octanol–water partition coefficient (Wildman–Crippen LogP) is 2.53. The fraction of sp³-hybridized carbons (Fsp3) is 0.286. The topological polar surface area (TPSA) is 43.4 Å². The minimum Gasteiger partial charge on any atom is -0.466 e. The summed E-state index contributed by atoms with van der Waals surface area (Å²) in [6.07, 6.45) is 2.94. The van der Waals surface area contributed by atoms with E-state index in [1.54, 1.807) is 13.0 Å². The molecule has 0 saturated heterocycles. The molecule has 1 aromatic rings. The molecule has 0 N–H and O–H groups in total. The fourth-order valence-corrected chi connectivity index (χ4v) is 1.37. The van der Waals surface area contributed by atoms with Crippen molar-refractivity contribution in [2.24, 2.45) is 0 Å². The molecule has 0 amide bonds. The maximum Gasteiger partial charge on any atom is 0.313 e. The number of ketones is 1. The van der Waals surface area contributed by atoms with E-state index in [0.717, 1.165) is 11.1 Å². The van der Waals surface area contributed by atoms with Crippen molar-refractivity contribution in [3.05, 3.63) is 41.5 Å². The van der Waals surface area contributed by atoms with Crippen LogP contribution in [0.1, 0.15) is 24.5 Å². The maximum atomic E-state index is 11.4. The summed E-state index contributed by atoms with van der Waals surface area (Å²) in [6, 6.07) is 7.73. The van der Waals surface area contributed by atoms with Crippen LogP contribution in [0.25, 0.3) is 6.08 Å². The molecule has 17 heavy (non-hydrogen) atoms. The van der Waals surface area contributed by atoms with Gasteiger partial charge in [-0.25, -0.2) is 0 Å². The molecule has 90 valence electrons. The third-order valence-corrected chi connectivity index (χ3v) is 2.26. The summed E-state index contributed by atoms with van der Waals surface area (Å²) in [5, 5.41) is 0. The molecule has 0 radical (unpaired) electrons. The van der Waals surface area contributed by atoms with Gasteiger partial charge in [-0.15, -0.1) is 0 Å². The Balaban J connectivity index is 2.57. The number of hydrogen-bond acceptors (Lipinski definition) is 3. The van der Waals surface area contributed by atoms with Gasteiger partial charge in [0.1, 0.15) is 6.42 Å². The van der Waals surface area contributed by atoms with Crippen LogP contribution in [0.4, 0.5) is 0 Å². The van der Waals surface area contributed by atoms with E-state index in [0.29, 0.717) is 6.61 Å². The summed E-state index contributed by atoms with van der Waals surface area (Å²) in [5.74, 6) is -0.723. The minimum atomic E-state index is -0.480. The zero-order chi connectivity index (χ0) is 12.7. The van der Waals surface area contributed by atoms with Crippen molar-refractivity contribution in [1.29, 1.82) is 0 Å². The molecule has 3 nitrogen and oxygen atoms in total. The van der Waals surface area contributed by atoms with E-state index in [1.807, 2.05) is 31.2 Å². The molecule has 0 unspecified atom stereocenters. The number of allylic oxidation sites excluding steroid dienone is 1. The number of rotatable bonds is 5. The van der Waals surface area contributed by atoms with Gasteiger partial charge in [0, 0.05) is 0 Å². The Morgan fingerprint density at radius 2 is 2.00 bits per heavy atom. The lowest BCUT2D eigenvalue weighted by Crippen LogP contribution is -2.09. The summed E-state index contributed by atoms with van der Waals surface area (Å²) >= 11 is 0. The third kappa shape index (κ3) is 4.64. The quantitative estimate of drug-likeness (QED) is 0.445. The van der Waals surface area contributed by atoms with Gasteiger partial charge in [-0.05, 0) is 31.1 Å². The summed E-state index contributed by atoms with van der Waals surface area (Å²) < 4.78 is 4.69. The first-order valence-electron chi connectivity index (χ1n) is 5.55. The van der Waals surface area contributed by atoms with E-state index in [4.69, 9.17) is 4.74 Å². The second kappa shape index (κ2) is 6.63. The van der Waals surface area contributed by atoms with E-state index >= 15 is 0 Å². The standard InChI is InChI=1S/C14H16O3/c1-3-17-14(16)10-13(15)9-8-12-7-5-4-6-11(12)2/h4-9H,3,10H2,1-2H3/b9-8+. The van der Waals surface area contributed by atoms with Crippen molar-refractivity contribution >= 4 is 17.8 Å². The number of carbonyl (C=O) groups is 2. The molecule has 0 aliphatic rings. The number of carbonyl (C=O) groups excluding carboxylic acids is 2. The van der Waals surface area contributed by atoms with Crippen LogP contribution in [0, 0.1) is 6.92 Å². The molecule has 3 heteroatoms. The Morgan fingerprint density at radius 3 is 2.65 bits per heavy atom. The molecular weight excluding hydrogens is 216 g/mol. The van der Waals surface area contributed by atoms with Crippen molar-refractivity contribution in [2.45, 2.75) is 20.3 Å². The average Bonchev–Trinajstić information content (AvgIpc) is 2.28. The normalized spacial score (nSPS) is 10.5. The van der Waals surface area contributed by atoms with Gasteiger partial charge in [-0.2, -0.15) is 0 Å². The highest BCUT2D eigenvalue weighted by Gasteiger charge is 2.06. The maximum absolute atomic E-state index is 11.4. The molecule has 0 bridgehead atoms. The monoisotopic (exact) mass is 232 g/mol. The zero-order valence-corrected chi connectivity index (χ0v) is 10.1. The van der Waals surface area contributed by atoms with Crippen LogP contribution in [-0.2, 0) is 14.3 Å². The second-order valence-electron chi connectivity index (χ2n) is 3.64. The predicted molar refractivity (Wildman–Crippen MR) is 66.5 cm³/mol. The summed E-state index contributed by atoms with van der Waals surface area (Å²) in [7, 11) is 0. The molecule has 0 atom stereocenters. The van der Waals surface area contributed by atoms with Crippen molar-refractivity contribution in [3.8, 4) is 0 Å². The van der Waals surface area contributed by atoms with Gasteiger partial charge in [0.25, 0.3) is 0 Å². The average molecular weight is 232 g/mol. The Labute approximate surface area is 101 Å². The molecule has 0 heterocycles. The molecule has 0 aromatic heterocycles. The first-order valence-corrected chi connectivity index (χ1v) is 5.55. The number of aryl methyl sites for hydroxylation is 1. The smallest absolute Gasteiger partial charge is 0.313 e. The minimum absolute atomic E-state index is 0.198. The Bertz CT molecular complexity index is 433. The fourth-order valence-electron chi connectivity index (χ4n) is 1.37. The van der Waals surface area contributed by atoms with Crippen LogP contribution in [0.2, 0.25) is 0 Å². The van der Waals surface area contributed by atoms with E-state index < -0.39 is 5.97 Å². The van der Waals surface area contributed by atoms with Crippen molar-refractivity contribution in [2.75, 3.05) is 6.61 Å². The molecular formula is C14H16O3. The largest absolute Gasteiger partial charge is 0.466 e. The van der Waals surface area contributed by atoms with Crippen LogP contribution >= 0.6 is 0 Å². The highest BCUT2D eigenvalue weighted by Crippen LogP contribution is 2.09. The Morgan fingerprint density at radius 1 is 1.29 bits per heavy atom. The van der Waals surface area contributed by atoms with E-state index in [9.17, 15) is 9.59 Å². The van der Waals surface area contributed by atoms with Crippen LogP contribution in [-0.4, -0.2) is 18.4 Å². The third-order valence-electron chi connectivity index (χ3n) is 2.26. The lowest BCUT2D eigenvalue weighted by Gasteiger charge is -1.99. The number of esters is 1. The van der Waals surface area contributed by atoms with Gasteiger partial charge in [0.2, 0.25) is 0 Å². The van der Waals surface area contributed by atoms with Gasteiger partial charge < -0.3 is 4.74 Å². The van der Waals surface area contributed by atoms with Crippen LogP contribution in [0.3, 0.4) is 0 Å². The molecule has 1 rings (SSSR count). The van der Waals surface area contributed by atoms with Crippen molar-refractivity contribution in [3.63, 3.8) is 0 Å². The summed E-state index contributed by atoms with van der Waals surface area (Å²) in [5.41, 5.74) is 2.07. The number of ether oxygens (including phenoxy) is 1. The number of benzene rings is 1. The van der Waals surface area contributed by atoms with Crippen LogP contribution in [0.15, 0.2) is 30.3 Å². The van der Waals surface area contributed by atoms with Gasteiger partial charge in [0.15, 0.2) is 5.78 Å². The van der Waals surface area contributed by atoms with E-state index in [1.165, 1.54) is 6.08 Å². The van der Waals surface area contributed by atoms with Gasteiger partial charge in [0.05, 0.1) is 6.61 Å². The molecule has 0 fully saturated rings. The zero-order valence-electron chi connectivity index (χ0n) is 10.1. The number of hydrogen-bond donors (Lipinski definition) is 0. The highest BCUT2D eigenvalue weighted by molar-refractivity contribution is 6.04. The highest BCUT2D eigenvalue weighted by atomic mass is 16.5. The lowest BCUT2D eigenvalue weighted by molar-refractivity contribution is -0.144.